The number of rotatable bonds is 4. The lowest BCUT2D eigenvalue weighted by Gasteiger charge is -2.11. The summed E-state index contributed by atoms with van der Waals surface area (Å²) in [5, 5.41) is 5.31. The van der Waals surface area contributed by atoms with Gasteiger partial charge in [-0.2, -0.15) is 5.10 Å². The number of nitrogens with two attached hydrogens (primary N) is 1. The van der Waals surface area contributed by atoms with E-state index in [-0.39, 0.29) is 10.5 Å². The third-order valence-corrected chi connectivity index (χ3v) is 5.01. The molecule has 0 radical (unpaired) electrons. The van der Waals surface area contributed by atoms with E-state index >= 15 is 0 Å². The number of nitrogens with one attached hydrogen (secondary N) is 1. The van der Waals surface area contributed by atoms with Gasteiger partial charge in [0.15, 0.2) is 19.7 Å². The molecule has 116 valence electrons. The van der Waals surface area contributed by atoms with Gasteiger partial charge in [0, 0.05) is 18.1 Å². The summed E-state index contributed by atoms with van der Waals surface area (Å²) >= 11 is 0. The number of nitrogens with zero attached hydrogens (tertiary/aromatic N) is 1. The lowest BCUT2D eigenvalue weighted by Crippen LogP contribution is -2.24. The summed E-state index contributed by atoms with van der Waals surface area (Å²) in [5.74, 6) is 4.21. The number of amides is 1. The van der Waals surface area contributed by atoms with Crippen LogP contribution >= 0.6 is 0 Å². The van der Waals surface area contributed by atoms with Crippen LogP contribution in [0.15, 0.2) is 27.0 Å². The highest BCUT2D eigenvalue weighted by atomic mass is 32.2. The summed E-state index contributed by atoms with van der Waals surface area (Å²) in [7, 11) is -7.58. The third-order valence-electron chi connectivity index (χ3n) is 2.60. The Morgan fingerprint density at radius 2 is 1.62 bits per heavy atom. The number of carbonyl (C=O) groups excluding carboxylic acids is 1. The fourth-order valence-corrected chi connectivity index (χ4v) is 4.14. The molecule has 0 aliphatic carbocycles. The molecule has 3 N–H and O–H groups in total. The summed E-state index contributed by atoms with van der Waals surface area (Å²) < 4.78 is 46.9. The molecule has 0 aromatic heterocycles. The SMILES string of the molecule is Cc1cc(S(C)(=O)=O)c(S(C)(=O)=O)cc1C(=O)N/C=N/N. The van der Waals surface area contributed by atoms with Crippen LogP contribution in [-0.2, 0) is 19.7 Å². The molecule has 1 rings (SSSR count). The molecule has 0 saturated carbocycles. The number of sulfone groups is 2. The Morgan fingerprint density at radius 3 is 2.05 bits per heavy atom. The third kappa shape index (κ3) is 4.02. The Kier molecular flexibility index (Phi) is 4.74. The van der Waals surface area contributed by atoms with E-state index in [9.17, 15) is 21.6 Å². The maximum atomic E-state index is 11.9. The largest absolute Gasteiger partial charge is 0.322 e. The average Bonchev–Trinajstić information content (AvgIpc) is 2.33. The first kappa shape index (κ1) is 17.1. The van der Waals surface area contributed by atoms with E-state index in [0.29, 0.717) is 5.56 Å². The van der Waals surface area contributed by atoms with E-state index in [1.165, 1.54) is 6.92 Å². The van der Waals surface area contributed by atoms with Crippen LogP contribution in [-0.4, -0.2) is 41.6 Å². The van der Waals surface area contributed by atoms with Crippen LogP contribution in [0.5, 0.6) is 0 Å². The first-order chi connectivity index (χ1) is 9.48. The summed E-state index contributed by atoms with van der Waals surface area (Å²) in [6.45, 7) is 1.50. The first-order valence-electron chi connectivity index (χ1n) is 5.56. The van der Waals surface area contributed by atoms with E-state index in [1.807, 2.05) is 0 Å². The van der Waals surface area contributed by atoms with Crippen molar-refractivity contribution in [2.75, 3.05) is 12.5 Å². The Labute approximate surface area is 122 Å². The monoisotopic (exact) mass is 333 g/mol. The summed E-state index contributed by atoms with van der Waals surface area (Å²) in [5.41, 5.74) is 0.327. The van der Waals surface area contributed by atoms with E-state index in [4.69, 9.17) is 5.84 Å². The second kappa shape index (κ2) is 5.82. The van der Waals surface area contributed by atoms with Crippen molar-refractivity contribution in [3.8, 4) is 0 Å². The molecular formula is C11H15N3O5S2. The van der Waals surface area contributed by atoms with Gasteiger partial charge >= 0.3 is 0 Å². The predicted molar refractivity (Wildman–Crippen MR) is 77.5 cm³/mol. The second-order valence-corrected chi connectivity index (χ2v) is 8.38. The molecule has 0 atom stereocenters. The van der Waals surface area contributed by atoms with Crippen molar-refractivity contribution in [3.05, 3.63) is 23.3 Å². The molecule has 1 aromatic rings. The van der Waals surface area contributed by atoms with Crippen LogP contribution in [0, 0.1) is 6.92 Å². The fraction of sp³-hybridized carbons (Fsp3) is 0.273. The molecule has 0 aliphatic rings. The minimum atomic E-state index is -3.83. The number of hydrazone groups is 1. The molecule has 1 amide bonds. The van der Waals surface area contributed by atoms with Crippen molar-refractivity contribution in [2.24, 2.45) is 10.9 Å². The van der Waals surface area contributed by atoms with Gasteiger partial charge in [0.05, 0.1) is 9.79 Å². The van der Waals surface area contributed by atoms with Gasteiger partial charge in [-0.05, 0) is 24.6 Å². The molecule has 0 aliphatic heterocycles. The number of aryl methyl sites for hydroxylation is 1. The van der Waals surface area contributed by atoms with E-state index < -0.39 is 30.5 Å². The van der Waals surface area contributed by atoms with Crippen LogP contribution in [0.4, 0.5) is 0 Å². The predicted octanol–water partition coefficient (Wildman–Crippen LogP) is -0.566. The molecule has 21 heavy (non-hydrogen) atoms. The van der Waals surface area contributed by atoms with Gasteiger partial charge < -0.3 is 11.2 Å². The highest BCUT2D eigenvalue weighted by Gasteiger charge is 2.24. The zero-order valence-electron chi connectivity index (χ0n) is 11.6. The molecule has 0 unspecified atom stereocenters. The first-order valence-corrected chi connectivity index (χ1v) is 9.34. The van der Waals surface area contributed by atoms with Gasteiger partial charge in [0.1, 0.15) is 6.34 Å². The van der Waals surface area contributed by atoms with Crippen LogP contribution in [0.3, 0.4) is 0 Å². The number of carbonyl (C=O) groups is 1. The Morgan fingerprint density at radius 1 is 1.14 bits per heavy atom. The second-order valence-electron chi connectivity index (χ2n) is 4.41. The van der Waals surface area contributed by atoms with Gasteiger partial charge in [0.25, 0.3) is 5.91 Å². The minimum Gasteiger partial charge on any atom is -0.322 e. The molecule has 0 saturated heterocycles. The Balaban J connectivity index is 3.65. The van der Waals surface area contributed by atoms with Crippen LogP contribution in [0.1, 0.15) is 15.9 Å². The van der Waals surface area contributed by atoms with Crippen molar-refractivity contribution in [2.45, 2.75) is 16.7 Å². The number of hydrogen-bond donors (Lipinski definition) is 2. The molecule has 10 heteroatoms. The van der Waals surface area contributed by atoms with Gasteiger partial charge in [-0.3, -0.25) is 4.79 Å². The maximum absolute atomic E-state index is 11.9. The van der Waals surface area contributed by atoms with Gasteiger partial charge in [-0.1, -0.05) is 0 Å². The number of benzene rings is 1. The van der Waals surface area contributed by atoms with Crippen LogP contribution in [0.2, 0.25) is 0 Å². The highest BCUT2D eigenvalue weighted by Crippen LogP contribution is 2.25. The Hall–Kier alpha value is -1.94. The standard InChI is InChI=1S/C11H15N3O5S2/c1-7-4-9(20(2,16)17)10(21(3,18)19)5-8(7)11(15)13-6-14-12/h4-6H,12H2,1-3H3,(H,13,14,15). The van der Waals surface area contributed by atoms with Gasteiger partial charge in [-0.25, -0.2) is 16.8 Å². The molecule has 0 heterocycles. The fourth-order valence-electron chi connectivity index (χ4n) is 1.66. The normalized spacial score (nSPS) is 12.5. The van der Waals surface area contributed by atoms with Crippen molar-refractivity contribution < 1.29 is 21.6 Å². The van der Waals surface area contributed by atoms with E-state index in [1.54, 1.807) is 0 Å². The van der Waals surface area contributed by atoms with Crippen molar-refractivity contribution in [3.63, 3.8) is 0 Å². The van der Waals surface area contributed by atoms with Gasteiger partial charge in [0.2, 0.25) is 0 Å². The molecule has 0 spiro atoms. The Bertz CT molecular complexity index is 811. The van der Waals surface area contributed by atoms with E-state index in [2.05, 4.69) is 10.4 Å². The number of hydrogen-bond acceptors (Lipinski definition) is 7. The smallest absolute Gasteiger partial charge is 0.256 e. The molecule has 8 nitrogen and oxygen atoms in total. The summed E-state index contributed by atoms with van der Waals surface area (Å²) in [4.78, 5) is 11.1. The molecule has 0 fully saturated rings. The van der Waals surface area contributed by atoms with Crippen molar-refractivity contribution in [1.82, 2.24) is 5.32 Å². The van der Waals surface area contributed by atoms with Crippen molar-refractivity contribution in [1.29, 1.82) is 0 Å². The average molecular weight is 333 g/mol. The van der Waals surface area contributed by atoms with Crippen molar-refractivity contribution >= 4 is 31.9 Å². The molecular weight excluding hydrogens is 318 g/mol. The topological polar surface area (TPSA) is 136 Å². The lowest BCUT2D eigenvalue weighted by molar-refractivity contribution is 0.0977. The van der Waals surface area contributed by atoms with E-state index in [0.717, 1.165) is 31.0 Å². The minimum absolute atomic E-state index is 0.0164. The summed E-state index contributed by atoms with van der Waals surface area (Å²) in [6.07, 6.45) is 2.71. The summed E-state index contributed by atoms with van der Waals surface area (Å²) in [6, 6.07) is 2.18. The van der Waals surface area contributed by atoms with Crippen LogP contribution < -0.4 is 11.2 Å². The zero-order chi connectivity index (χ0) is 16.4. The van der Waals surface area contributed by atoms with Crippen LogP contribution in [0.25, 0.3) is 0 Å². The lowest BCUT2D eigenvalue weighted by atomic mass is 10.1. The maximum Gasteiger partial charge on any atom is 0.256 e. The molecule has 1 aromatic carbocycles. The molecule has 0 bridgehead atoms. The van der Waals surface area contributed by atoms with Gasteiger partial charge in [-0.15, -0.1) is 0 Å². The highest BCUT2D eigenvalue weighted by molar-refractivity contribution is 7.93. The zero-order valence-corrected chi connectivity index (χ0v) is 13.2. The quantitative estimate of drug-likeness (QED) is 0.328.